The number of hydrogen-bond donors (Lipinski definition) is 0. The van der Waals surface area contributed by atoms with Crippen molar-refractivity contribution in [3.05, 3.63) is 231 Å². The summed E-state index contributed by atoms with van der Waals surface area (Å²) < 4.78 is 2.36. The van der Waals surface area contributed by atoms with Crippen molar-refractivity contribution in [2.45, 2.75) is 0 Å². The Hall–Kier alpha value is -7.42. The second-order valence-corrected chi connectivity index (χ2v) is 14.1. The van der Waals surface area contributed by atoms with Gasteiger partial charge < -0.3 is 9.47 Å². The lowest BCUT2D eigenvalue weighted by Crippen LogP contribution is -2.12. The molecule has 56 heavy (non-hydrogen) atoms. The van der Waals surface area contributed by atoms with E-state index in [0.717, 1.165) is 22.7 Å². The van der Waals surface area contributed by atoms with E-state index in [1.165, 1.54) is 66.3 Å². The maximum absolute atomic E-state index is 2.40. The summed E-state index contributed by atoms with van der Waals surface area (Å²) in [5, 5.41) is 2.55. The molecule has 2 heteroatoms. The first-order valence-electron chi connectivity index (χ1n) is 19.2. The van der Waals surface area contributed by atoms with Crippen LogP contribution >= 0.6 is 0 Å². The predicted octanol–water partition coefficient (Wildman–Crippen LogP) is 14.9. The number of para-hydroxylation sites is 4. The number of anilines is 3. The Morgan fingerprint density at radius 3 is 1.09 bits per heavy atom. The van der Waals surface area contributed by atoms with Crippen molar-refractivity contribution in [2.24, 2.45) is 0 Å². The zero-order chi connectivity index (χ0) is 37.3. The molecule has 0 amide bonds. The van der Waals surface area contributed by atoms with Crippen LogP contribution in [0.4, 0.5) is 17.1 Å². The molecule has 0 aliphatic rings. The van der Waals surface area contributed by atoms with E-state index in [9.17, 15) is 0 Å². The molecule has 0 spiro atoms. The normalized spacial score (nSPS) is 11.2. The monoisotopic (exact) mass is 714 g/mol. The van der Waals surface area contributed by atoms with Gasteiger partial charge in [-0.3, -0.25) is 0 Å². The summed E-state index contributed by atoms with van der Waals surface area (Å²) in [4.78, 5) is 2.40. The largest absolute Gasteiger partial charge is 0.309 e. The summed E-state index contributed by atoms with van der Waals surface area (Å²) in [5.41, 5.74) is 16.4. The minimum absolute atomic E-state index is 1.10. The minimum Gasteiger partial charge on any atom is -0.309 e. The summed E-state index contributed by atoms with van der Waals surface area (Å²) >= 11 is 0. The molecule has 0 saturated carbocycles. The van der Waals surface area contributed by atoms with E-state index in [4.69, 9.17) is 0 Å². The zero-order valence-electron chi connectivity index (χ0n) is 30.8. The summed E-state index contributed by atoms with van der Waals surface area (Å²) in [7, 11) is 0. The van der Waals surface area contributed by atoms with Crippen LogP contribution in [0, 0.1) is 0 Å². The van der Waals surface area contributed by atoms with Gasteiger partial charge in [0.2, 0.25) is 0 Å². The van der Waals surface area contributed by atoms with Crippen LogP contribution in [0.25, 0.3) is 72.0 Å². The van der Waals surface area contributed by atoms with Crippen LogP contribution in [-0.2, 0) is 0 Å². The summed E-state index contributed by atoms with van der Waals surface area (Å²) in [6.45, 7) is 0. The van der Waals surface area contributed by atoms with Crippen molar-refractivity contribution in [2.75, 3.05) is 4.90 Å². The van der Waals surface area contributed by atoms with Gasteiger partial charge in [-0.1, -0.05) is 182 Å². The Morgan fingerprint density at radius 2 is 0.625 bits per heavy atom. The number of aromatic nitrogens is 1. The van der Waals surface area contributed by atoms with E-state index in [1.54, 1.807) is 0 Å². The quantitative estimate of drug-likeness (QED) is 0.152. The van der Waals surface area contributed by atoms with Gasteiger partial charge in [-0.25, -0.2) is 0 Å². The van der Waals surface area contributed by atoms with Gasteiger partial charge >= 0.3 is 0 Å². The van der Waals surface area contributed by atoms with Gasteiger partial charge in [0.15, 0.2) is 0 Å². The number of hydrogen-bond acceptors (Lipinski definition) is 1. The molecule has 2 nitrogen and oxygen atoms in total. The maximum Gasteiger partial charge on any atom is 0.0541 e. The smallest absolute Gasteiger partial charge is 0.0541 e. The minimum atomic E-state index is 1.10. The lowest BCUT2D eigenvalue weighted by atomic mass is 9.98. The molecule has 0 bridgehead atoms. The molecule has 0 N–H and O–H groups in total. The average molecular weight is 715 g/mol. The van der Waals surface area contributed by atoms with E-state index in [-0.39, 0.29) is 0 Å². The highest BCUT2D eigenvalue weighted by molar-refractivity contribution is 6.09. The second kappa shape index (κ2) is 14.4. The molecular weight excluding hydrogens is 677 g/mol. The Bertz CT molecular complexity index is 2790. The van der Waals surface area contributed by atoms with Crippen LogP contribution in [0.15, 0.2) is 231 Å². The second-order valence-electron chi connectivity index (χ2n) is 14.1. The van der Waals surface area contributed by atoms with Gasteiger partial charge in [0.05, 0.1) is 22.4 Å². The topological polar surface area (TPSA) is 8.17 Å². The molecule has 264 valence electrons. The summed E-state index contributed by atoms with van der Waals surface area (Å²) in [6.07, 6.45) is 0. The number of nitrogens with zero attached hydrogens (tertiary/aromatic N) is 2. The molecule has 1 heterocycles. The fraction of sp³-hybridized carbons (Fsp3) is 0. The molecule has 1 aromatic heterocycles. The summed E-state index contributed by atoms with van der Waals surface area (Å²) in [5.74, 6) is 0. The third-order valence-electron chi connectivity index (χ3n) is 10.8. The molecule has 0 fully saturated rings. The van der Waals surface area contributed by atoms with E-state index in [2.05, 4.69) is 240 Å². The molecule has 10 rings (SSSR count). The Balaban J connectivity index is 0.981. The van der Waals surface area contributed by atoms with Crippen LogP contribution < -0.4 is 4.90 Å². The van der Waals surface area contributed by atoms with Crippen LogP contribution in [0.1, 0.15) is 0 Å². The molecule has 0 radical (unpaired) electrons. The lowest BCUT2D eigenvalue weighted by molar-refractivity contribution is 1.18. The fourth-order valence-electron chi connectivity index (χ4n) is 8.13. The maximum atomic E-state index is 2.40. The van der Waals surface area contributed by atoms with Gasteiger partial charge in [0.25, 0.3) is 0 Å². The number of fused-ring (bicyclic) bond motifs is 3. The molecule has 0 aliphatic carbocycles. The van der Waals surface area contributed by atoms with Crippen LogP contribution in [-0.4, -0.2) is 4.57 Å². The first-order valence-corrected chi connectivity index (χ1v) is 19.2. The molecule has 10 aromatic rings. The molecule has 0 unspecified atom stereocenters. The van der Waals surface area contributed by atoms with E-state index in [0.29, 0.717) is 0 Å². The van der Waals surface area contributed by atoms with Gasteiger partial charge in [-0.15, -0.1) is 0 Å². The predicted molar refractivity (Wildman–Crippen MR) is 237 cm³/mol. The van der Waals surface area contributed by atoms with Crippen LogP contribution in [0.3, 0.4) is 0 Å². The molecule has 0 saturated heterocycles. The first kappa shape index (κ1) is 33.2. The molecule has 0 atom stereocenters. The Morgan fingerprint density at radius 1 is 0.268 bits per heavy atom. The summed E-state index contributed by atoms with van der Waals surface area (Å²) in [6, 6.07) is 82.9. The van der Waals surface area contributed by atoms with Crippen molar-refractivity contribution in [3.63, 3.8) is 0 Å². The number of rotatable bonds is 8. The van der Waals surface area contributed by atoms with E-state index in [1.807, 2.05) is 0 Å². The number of benzene rings is 9. The van der Waals surface area contributed by atoms with Crippen molar-refractivity contribution in [3.8, 4) is 50.2 Å². The van der Waals surface area contributed by atoms with Crippen LogP contribution in [0.5, 0.6) is 0 Å². The fourth-order valence-corrected chi connectivity index (χ4v) is 8.13. The van der Waals surface area contributed by atoms with Gasteiger partial charge in [0.1, 0.15) is 0 Å². The van der Waals surface area contributed by atoms with Crippen molar-refractivity contribution >= 4 is 38.9 Å². The lowest BCUT2D eigenvalue weighted by Gasteiger charge is -2.30. The van der Waals surface area contributed by atoms with E-state index < -0.39 is 0 Å². The third kappa shape index (κ3) is 6.04. The van der Waals surface area contributed by atoms with Gasteiger partial charge in [0, 0.05) is 33.3 Å². The van der Waals surface area contributed by atoms with Gasteiger partial charge in [-0.05, 0) is 81.9 Å². The molecular formula is C54H38N2. The van der Waals surface area contributed by atoms with Crippen molar-refractivity contribution in [1.29, 1.82) is 0 Å². The highest BCUT2D eigenvalue weighted by Gasteiger charge is 2.20. The zero-order valence-corrected chi connectivity index (χ0v) is 30.8. The standard InChI is InChI=1S/C54H38N2/c1-3-15-43(16-4-1)47-19-7-11-23-51(47)55(52-24-12-8-20-48(52)44-17-5-2-6-18-44)45-35-31-41(32-36-45)39-27-29-40(30-28-39)42-33-37-46(38-34-42)56-53-25-13-9-21-49(53)50-22-10-14-26-54(50)56/h1-38H. The highest BCUT2D eigenvalue weighted by Crippen LogP contribution is 2.45. The van der Waals surface area contributed by atoms with Crippen LogP contribution in [0.2, 0.25) is 0 Å². The SMILES string of the molecule is c1ccc(-c2ccccc2N(c2ccc(-c3ccc(-c4ccc(-n5c6ccccc6c6ccccc65)cc4)cc3)cc2)c2ccccc2-c2ccccc2)cc1. The third-order valence-corrected chi connectivity index (χ3v) is 10.8. The van der Waals surface area contributed by atoms with Crippen molar-refractivity contribution < 1.29 is 0 Å². The average Bonchev–Trinajstić information content (AvgIpc) is 3.62. The molecule has 0 aliphatic heterocycles. The molecule has 9 aromatic carbocycles. The Labute approximate surface area is 327 Å². The Kier molecular flexibility index (Phi) is 8.55. The highest BCUT2D eigenvalue weighted by atomic mass is 15.1. The van der Waals surface area contributed by atoms with Gasteiger partial charge in [-0.2, -0.15) is 0 Å². The van der Waals surface area contributed by atoms with E-state index >= 15 is 0 Å². The van der Waals surface area contributed by atoms with Crippen molar-refractivity contribution in [1.82, 2.24) is 4.57 Å². The first-order chi connectivity index (χ1) is 27.8.